The van der Waals surface area contributed by atoms with Gasteiger partial charge in [0.15, 0.2) is 18.2 Å². The van der Waals surface area contributed by atoms with Crippen LogP contribution < -0.4 is 15.8 Å². The largest absolute Gasteiger partial charge is 0.504 e. The monoisotopic (exact) mass is 574 g/mol. The van der Waals surface area contributed by atoms with Gasteiger partial charge in [-0.05, 0) is 72.1 Å². The molecule has 0 fully saturated rings. The van der Waals surface area contributed by atoms with Gasteiger partial charge in [-0.2, -0.15) is 0 Å². The highest BCUT2D eigenvalue weighted by Crippen LogP contribution is 2.33. The standard InChI is InChI=1S/C33H42N4O5/c1-2-4-24(38)15-26(40)16-25(39)9-7-21-8-10-31(41)32(13-21)42-20-37-18-29-23(17-36-30(29)19-37)14-22-5-3-6-28-27(22)11-12-35-33(28)34/h3,5-6,8,10,13,17,19,24,26,33,35,38,40-41H,2,4,7,9,11-12,14-16,18,20,34H2,1H3/t24-,26+,33-/m0/s1. The molecule has 5 rings (SSSR count). The first-order valence-electron chi connectivity index (χ1n) is 14.9. The Kier molecular flexibility index (Phi) is 9.74. The highest BCUT2D eigenvalue weighted by molar-refractivity contribution is 5.87. The van der Waals surface area contributed by atoms with Crippen molar-refractivity contribution in [2.24, 2.45) is 10.7 Å². The number of phenolic OH excluding ortho intramolecular Hbond substituents is 1. The van der Waals surface area contributed by atoms with E-state index >= 15 is 0 Å². The van der Waals surface area contributed by atoms with Crippen LogP contribution in [0, 0.1) is 0 Å². The molecule has 2 aromatic carbocycles. The third-order valence-electron chi connectivity index (χ3n) is 8.22. The Hall–Kier alpha value is -3.50. The van der Waals surface area contributed by atoms with Crippen molar-refractivity contribution in [2.45, 2.75) is 76.7 Å². The van der Waals surface area contributed by atoms with Crippen LogP contribution in [0.25, 0.3) is 0 Å². The second-order valence-electron chi connectivity index (χ2n) is 11.5. The summed E-state index contributed by atoms with van der Waals surface area (Å²) < 4.78 is 5.99. The second kappa shape index (κ2) is 13.6. The number of aromatic hydroxyl groups is 1. The molecule has 9 nitrogen and oxygen atoms in total. The predicted molar refractivity (Wildman–Crippen MR) is 162 cm³/mol. The van der Waals surface area contributed by atoms with Gasteiger partial charge in [-0.1, -0.05) is 37.6 Å². The van der Waals surface area contributed by atoms with Gasteiger partial charge in [0.05, 0.1) is 24.1 Å². The van der Waals surface area contributed by atoms with Crippen molar-refractivity contribution >= 4 is 12.0 Å². The van der Waals surface area contributed by atoms with Gasteiger partial charge in [-0.3, -0.25) is 15.1 Å². The fourth-order valence-electron chi connectivity index (χ4n) is 5.98. The molecule has 0 aliphatic carbocycles. The van der Waals surface area contributed by atoms with E-state index in [0.29, 0.717) is 25.1 Å². The van der Waals surface area contributed by atoms with Crippen molar-refractivity contribution in [1.29, 1.82) is 0 Å². The minimum atomic E-state index is -0.833. The van der Waals surface area contributed by atoms with Crippen molar-refractivity contribution in [3.63, 3.8) is 0 Å². The van der Waals surface area contributed by atoms with Crippen LogP contribution >= 0.6 is 0 Å². The van der Waals surface area contributed by atoms with Crippen molar-refractivity contribution in [3.05, 3.63) is 81.7 Å². The summed E-state index contributed by atoms with van der Waals surface area (Å²) in [5.41, 5.74) is 14.3. The number of aryl methyl sites for hydroxylation is 1. The van der Waals surface area contributed by atoms with E-state index < -0.39 is 12.2 Å². The third-order valence-corrected chi connectivity index (χ3v) is 8.22. The Labute approximate surface area is 247 Å². The Balaban J connectivity index is 1.14. The Bertz CT molecular complexity index is 1380. The number of carbonyl (C=O) groups excluding carboxylic acids is 1. The van der Waals surface area contributed by atoms with Crippen LogP contribution in [0.4, 0.5) is 0 Å². The molecule has 0 radical (unpaired) electrons. The number of nitrogens with two attached hydrogens (primary N) is 1. The number of fused-ring (bicyclic) bond motifs is 2. The molecule has 42 heavy (non-hydrogen) atoms. The molecule has 0 aromatic heterocycles. The lowest BCUT2D eigenvalue weighted by molar-refractivity contribution is -0.121. The quantitative estimate of drug-likeness (QED) is 0.231. The number of hydrogen-bond acceptors (Lipinski definition) is 9. The molecule has 3 atom stereocenters. The number of nitrogens with zero attached hydrogens (tertiary/aromatic N) is 2. The lowest BCUT2D eigenvalue weighted by Crippen LogP contribution is -2.35. The number of aliphatic imine (C=N–C) groups is 1. The first-order chi connectivity index (χ1) is 20.3. The Morgan fingerprint density at radius 2 is 2.10 bits per heavy atom. The van der Waals surface area contributed by atoms with Gasteiger partial charge in [0.1, 0.15) is 5.78 Å². The summed E-state index contributed by atoms with van der Waals surface area (Å²) in [6.07, 6.45) is 6.61. The number of ketones is 1. The summed E-state index contributed by atoms with van der Waals surface area (Å²) in [4.78, 5) is 19.1. The third kappa shape index (κ3) is 7.28. The maximum absolute atomic E-state index is 12.4. The van der Waals surface area contributed by atoms with Gasteiger partial charge in [0.25, 0.3) is 0 Å². The molecule has 3 aliphatic heterocycles. The number of nitrogens with one attached hydrogen (secondary N) is 1. The predicted octanol–water partition coefficient (Wildman–Crippen LogP) is 3.42. The normalized spacial score (nSPS) is 19.0. The van der Waals surface area contributed by atoms with Gasteiger partial charge in [0.2, 0.25) is 0 Å². The molecule has 3 heterocycles. The zero-order valence-electron chi connectivity index (χ0n) is 24.3. The number of rotatable bonds is 14. The number of aliphatic hydroxyl groups is 2. The molecule has 2 aromatic rings. The highest BCUT2D eigenvalue weighted by atomic mass is 16.5. The number of allylic oxidation sites excluding steroid dienone is 1. The average molecular weight is 575 g/mol. The van der Waals surface area contributed by atoms with Gasteiger partial charge >= 0.3 is 0 Å². The maximum Gasteiger partial charge on any atom is 0.163 e. The fraction of sp³-hybridized carbons (Fsp3) is 0.455. The van der Waals surface area contributed by atoms with E-state index in [0.717, 1.165) is 37.1 Å². The van der Waals surface area contributed by atoms with Gasteiger partial charge in [0, 0.05) is 43.9 Å². The Morgan fingerprint density at radius 3 is 2.93 bits per heavy atom. The van der Waals surface area contributed by atoms with E-state index in [9.17, 15) is 20.1 Å². The number of aliphatic hydroxyl groups excluding tert-OH is 2. The molecular formula is C33H42N4O5. The molecule has 0 saturated carbocycles. The van der Waals surface area contributed by atoms with Crippen molar-refractivity contribution in [2.75, 3.05) is 19.8 Å². The molecular weight excluding hydrogens is 532 g/mol. The fourth-order valence-corrected chi connectivity index (χ4v) is 5.98. The number of benzene rings is 2. The Morgan fingerprint density at radius 1 is 1.24 bits per heavy atom. The van der Waals surface area contributed by atoms with Crippen LogP contribution in [0.1, 0.15) is 67.4 Å². The summed E-state index contributed by atoms with van der Waals surface area (Å²) >= 11 is 0. The van der Waals surface area contributed by atoms with Gasteiger partial charge in [-0.15, -0.1) is 0 Å². The summed E-state index contributed by atoms with van der Waals surface area (Å²) in [5.74, 6) is 0.339. The van der Waals surface area contributed by atoms with E-state index in [1.807, 2.05) is 24.2 Å². The SMILES string of the molecule is CCC[C@H](O)C[C@@H](O)CC(=O)CCc1ccc(O)c(OCN2C=C3N=CC(Cc4cccc5c4CCN[C@@H]5N)=C3C2)c1. The van der Waals surface area contributed by atoms with Crippen molar-refractivity contribution in [3.8, 4) is 11.5 Å². The minimum Gasteiger partial charge on any atom is -0.504 e. The van der Waals surface area contributed by atoms with Crippen molar-refractivity contribution in [1.82, 2.24) is 10.2 Å². The number of carbonyl (C=O) groups is 1. The lowest BCUT2D eigenvalue weighted by atomic mass is 9.90. The van der Waals surface area contributed by atoms with E-state index in [1.165, 1.54) is 27.8 Å². The van der Waals surface area contributed by atoms with Gasteiger partial charge < -0.3 is 30.7 Å². The number of ether oxygens (including phenoxy) is 1. The molecule has 0 spiro atoms. The van der Waals surface area contributed by atoms with E-state index in [2.05, 4.69) is 28.5 Å². The average Bonchev–Trinajstić information content (AvgIpc) is 3.53. The smallest absolute Gasteiger partial charge is 0.163 e. The molecule has 3 aliphatic rings. The second-order valence-corrected chi connectivity index (χ2v) is 11.5. The summed E-state index contributed by atoms with van der Waals surface area (Å²) in [6.45, 7) is 3.77. The number of hydrogen-bond donors (Lipinski definition) is 5. The topological polar surface area (TPSA) is 141 Å². The van der Waals surface area contributed by atoms with Crippen LogP contribution in [0.15, 0.2) is 64.4 Å². The molecule has 0 amide bonds. The van der Waals surface area contributed by atoms with Gasteiger partial charge in [-0.25, -0.2) is 0 Å². The van der Waals surface area contributed by atoms with Crippen LogP contribution in [-0.2, 0) is 24.1 Å². The molecule has 0 bridgehead atoms. The number of phenols is 1. The van der Waals surface area contributed by atoms with Crippen LogP contribution in [-0.4, -0.2) is 64.2 Å². The molecule has 0 unspecified atom stereocenters. The van der Waals surface area contributed by atoms with Crippen molar-refractivity contribution < 1.29 is 24.9 Å². The summed E-state index contributed by atoms with van der Waals surface area (Å²) in [5, 5.41) is 33.7. The zero-order valence-corrected chi connectivity index (χ0v) is 24.3. The first kappa shape index (κ1) is 30.0. The van der Waals surface area contributed by atoms with Crippen LogP contribution in [0.3, 0.4) is 0 Å². The van der Waals surface area contributed by atoms with Crippen LogP contribution in [0.2, 0.25) is 0 Å². The zero-order chi connectivity index (χ0) is 29.6. The van der Waals surface area contributed by atoms with E-state index in [1.54, 1.807) is 18.2 Å². The van der Waals surface area contributed by atoms with E-state index in [4.69, 9.17) is 10.5 Å². The molecule has 0 saturated heterocycles. The summed E-state index contributed by atoms with van der Waals surface area (Å²) in [6, 6.07) is 11.5. The van der Waals surface area contributed by atoms with Crippen LogP contribution in [0.5, 0.6) is 11.5 Å². The molecule has 9 heteroatoms. The lowest BCUT2D eigenvalue weighted by Gasteiger charge is -2.26. The summed E-state index contributed by atoms with van der Waals surface area (Å²) in [7, 11) is 0. The highest BCUT2D eigenvalue weighted by Gasteiger charge is 2.26. The first-order valence-corrected chi connectivity index (χ1v) is 14.9. The molecule has 224 valence electrons. The number of Topliss-reactive ketones (excluding diaryl/α,β-unsaturated/α-hetero) is 1. The molecule has 6 N–H and O–H groups in total. The maximum atomic E-state index is 12.4. The minimum absolute atomic E-state index is 0.0314. The van der Waals surface area contributed by atoms with E-state index in [-0.39, 0.29) is 43.7 Å².